The topological polar surface area (TPSA) is 38.5 Å². The van der Waals surface area contributed by atoms with E-state index in [9.17, 15) is 0 Å². The number of hydrogen-bond acceptors (Lipinski definition) is 3. The van der Waals surface area contributed by atoms with E-state index in [1.807, 2.05) is 6.92 Å². The second-order valence-corrected chi connectivity index (χ2v) is 5.99. The average molecular weight is 327 g/mol. The minimum Gasteiger partial charge on any atom is -0.378 e. The van der Waals surface area contributed by atoms with E-state index in [2.05, 4.69) is 46.0 Å². The molecule has 0 bridgehead atoms. The standard InChI is InChI=1S/C15H23BrN2O/c1-3-19-13-6-8-18(9-7-13)12-4-5-14(11(2)17)15(16)10-12/h4-5,10-11,13H,3,6-9,17H2,1-2H3. The van der Waals surface area contributed by atoms with Crippen molar-refractivity contribution in [1.82, 2.24) is 0 Å². The summed E-state index contributed by atoms with van der Waals surface area (Å²) in [6.45, 7) is 7.02. The van der Waals surface area contributed by atoms with E-state index in [0.29, 0.717) is 6.10 Å². The summed E-state index contributed by atoms with van der Waals surface area (Å²) >= 11 is 3.62. The van der Waals surface area contributed by atoms with Crippen molar-refractivity contribution in [2.75, 3.05) is 24.6 Å². The van der Waals surface area contributed by atoms with Gasteiger partial charge in [0.1, 0.15) is 0 Å². The zero-order valence-electron chi connectivity index (χ0n) is 11.7. The molecule has 19 heavy (non-hydrogen) atoms. The molecule has 1 saturated heterocycles. The van der Waals surface area contributed by atoms with Crippen LogP contribution in [0.25, 0.3) is 0 Å². The molecular formula is C15H23BrN2O. The molecule has 4 heteroatoms. The summed E-state index contributed by atoms with van der Waals surface area (Å²) in [5, 5.41) is 0. The molecule has 3 nitrogen and oxygen atoms in total. The molecule has 2 N–H and O–H groups in total. The molecular weight excluding hydrogens is 304 g/mol. The van der Waals surface area contributed by atoms with Crippen molar-refractivity contribution in [1.29, 1.82) is 0 Å². The van der Waals surface area contributed by atoms with Crippen LogP contribution in [0.5, 0.6) is 0 Å². The van der Waals surface area contributed by atoms with Crippen LogP contribution in [0.15, 0.2) is 22.7 Å². The van der Waals surface area contributed by atoms with Crippen molar-refractivity contribution in [2.45, 2.75) is 38.8 Å². The fraction of sp³-hybridized carbons (Fsp3) is 0.600. The van der Waals surface area contributed by atoms with Crippen molar-refractivity contribution in [3.05, 3.63) is 28.2 Å². The fourth-order valence-electron chi connectivity index (χ4n) is 2.60. The normalized spacial score (nSPS) is 18.6. The van der Waals surface area contributed by atoms with Crippen LogP contribution >= 0.6 is 15.9 Å². The number of hydrogen-bond donors (Lipinski definition) is 1. The Morgan fingerprint density at radius 1 is 1.42 bits per heavy atom. The lowest BCUT2D eigenvalue weighted by atomic mass is 10.1. The van der Waals surface area contributed by atoms with Crippen LogP contribution in [0, 0.1) is 0 Å². The van der Waals surface area contributed by atoms with E-state index in [1.54, 1.807) is 0 Å². The molecule has 1 heterocycles. The zero-order chi connectivity index (χ0) is 13.8. The Labute approximate surface area is 124 Å². The molecule has 1 aromatic carbocycles. The molecule has 0 aliphatic carbocycles. The molecule has 0 radical (unpaired) electrons. The number of nitrogens with two attached hydrogens (primary N) is 1. The Morgan fingerprint density at radius 2 is 2.11 bits per heavy atom. The van der Waals surface area contributed by atoms with Gasteiger partial charge in [0.15, 0.2) is 0 Å². The Bertz CT molecular complexity index is 415. The molecule has 106 valence electrons. The summed E-state index contributed by atoms with van der Waals surface area (Å²) in [7, 11) is 0. The molecule has 1 fully saturated rings. The molecule has 1 aromatic rings. The number of benzene rings is 1. The van der Waals surface area contributed by atoms with Gasteiger partial charge in [-0.15, -0.1) is 0 Å². The summed E-state index contributed by atoms with van der Waals surface area (Å²) in [4.78, 5) is 2.42. The highest BCUT2D eigenvalue weighted by Gasteiger charge is 2.20. The number of halogens is 1. The summed E-state index contributed by atoms with van der Waals surface area (Å²) in [6, 6.07) is 6.54. The highest BCUT2D eigenvalue weighted by atomic mass is 79.9. The van der Waals surface area contributed by atoms with Crippen LogP contribution in [0.1, 0.15) is 38.3 Å². The first-order valence-corrected chi connectivity index (χ1v) is 7.82. The molecule has 1 atom stereocenters. The van der Waals surface area contributed by atoms with Crippen LogP contribution in [-0.2, 0) is 4.74 Å². The smallest absolute Gasteiger partial charge is 0.0608 e. The monoisotopic (exact) mass is 326 g/mol. The highest BCUT2D eigenvalue weighted by Crippen LogP contribution is 2.29. The number of nitrogens with zero attached hydrogens (tertiary/aromatic N) is 1. The summed E-state index contributed by atoms with van der Waals surface area (Å²) < 4.78 is 6.79. The maximum absolute atomic E-state index is 5.93. The van der Waals surface area contributed by atoms with E-state index in [4.69, 9.17) is 10.5 Å². The first-order chi connectivity index (χ1) is 9.11. The molecule has 0 spiro atoms. The molecule has 0 amide bonds. The third-order valence-electron chi connectivity index (χ3n) is 3.68. The van der Waals surface area contributed by atoms with Crippen LogP contribution < -0.4 is 10.6 Å². The molecule has 1 aliphatic heterocycles. The Hall–Kier alpha value is -0.580. The van der Waals surface area contributed by atoms with Crippen LogP contribution in [-0.4, -0.2) is 25.8 Å². The number of piperidine rings is 1. The quantitative estimate of drug-likeness (QED) is 0.920. The predicted octanol–water partition coefficient (Wildman–Crippen LogP) is 3.47. The van der Waals surface area contributed by atoms with Gasteiger partial charge in [-0.25, -0.2) is 0 Å². The fourth-order valence-corrected chi connectivity index (χ4v) is 3.33. The third kappa shape index (κ3) is 3.71. The summed E-state index contributed by atoms with van der Waals surface area (Å²) in [5.74, 6) is 0. The second-order valence-electron chi connectivity index (χ2n) is 5.14. The van der Waals surface area contributed by atoms with Crippen LogP contribution in [0.3, 0.4) is 0 Å². The zero-order valence-corrected chi connectivity index (χ0v) is 13.3. The minimum absolute atomic E-state index is 0.0621. The lowest BCUT2D eigenvalue weighted by Crippen LogP contribution is -2.37. The van der Waals surface area contributed by atoms with Crippen molar-refractivity contribution in [2.24, 2.45) is 5.73 Å². The minimum atomic E-state index is 0.0621. The lowest BCUT2D eigenvalue weighted by Gasteiger charge is -2.33. The Balaban J connectivity index is 2.02. The van der Waals surface area contributed by atoms with Gasteiger partial charge in [0.05, 0.1) is 6.10 Å². The number of rotatable bonds is 4. The summed E-state index contributed by atoms with van der Waals surface area (Å²) in [5.41, 5.74) is 8.36. The van der Waals surface area contributed by atoms with Gasteiger partial charge in [0.25, 0.3) is 0 Å². The Kier molecular flexibility index (Phi) is 5.25. The van der Waals surface area contributed by atoms with E-state index in [1.165, 1.54) is 5.69 Å². The molecule has 0 saturated carbocycles. The maximum Gasteiger partial charge on any atom is 0.0608 e. The number of anilines is 1. The molecule has 2 rings (SSSR count). The van der Waals surface area contributed by atoms with Gasteiger partial charge in [-0.3, -0.25) is 0 Å². The van der Waals surface area contributed by atoms with Crippen LogP contribution in [0.2, 0.25) is 0 Å². The number of ether oxygens (including phenoxy) is 1. The van der Waals surface area contributed by atoms with E-state index in [-0.39, 0.29) is 6.04 Å². The first-order valence-electron chi connectivity index (χ1n) is 7.03. The SMILES string of the molecule is CCOC1CCN(c2ccc(C(C)N)c(Br)c2)CC1. The maximum atomic E-state index is 5.93. The van der Waals surface area contributed by atoms with Crippen LogP contribution in [0.4, 0.5) is 5.69 Å². The predicted molar refractivity (Wildman–Crippen MR) is 83.6 cm³/mol. The molecule has 0 aromatic heterocycles. The van der Waals surface area contributed by atoms with Gasteiger partial charge < -0.3 is 15.4 Å². The average Bonchev–Trinajstić information content (AvgIpc) is 2.39. The molecule has 1 unspecified atom stereocenters. The largest absolute Gasteiger partial charge is 0.378 e. The van der Waals surface area contributed by atoms with Gasteiger partial charge in [-0.05, 0) is 44.4 Å². The van der Waals surface area contributed by atoms with E-state index < -0.39 is 0 Å². The van der Waals surface area contributed by atoms with Gasteiger partial charge in [-0.2, -0.15) is 0 Å². The lowest BCUT2D eigenvalue weighted by molar-refractivity contribution is 0.0459. The van der Waals surface area contributed by atoms with E-state index in [0.717, 1.165) is 42.6 Å². The highest BCUT2D eigenvalue weighted by molar-refractivity contribution is 9.10. The van der Waals surface area contributed by atoms with Gasteiger partial charge in [0.2, 0.25) is 0 Å². The Morgan fingerprint density at radius 3 is 2.63 bits per heavy atom. The first kappa shape index (κ1) is 14.8. The van der Waals surface area contributed by atoms with Crippen molar-refractivity contribution >= 4 is 21.6 Å². The third-order valence-corrected chi connectivity index (χ3v) is 4.37. The van der Waals surface area contributed by atoms with Crippen molar-refractivity contribution in [3.8, 4) is 0 Å². The van der Waals surface area contributed by atoms with Gasteiger partial charge in [0, 0.05) is 35.9 Å². The van der Waals surface area contributed by atoms with Crippen molar-refractivity contribution in [3.63, 3.8) is 0 Å². The van der Waals surface area contributed by atoms with E-state index >= 15 is 0 Å². The van der Waals surface area contributed by atoms with Gasteiger partial charge in [-0.1, -0.05) is 22.0 Å². The second kappa shape index (κ2) is 6.73. The molecule has 1 aliphatic rings. The van der Waals surface area contributed by atoms with Gasteiger partial charge >= 0.3 is 0 Å². The van der Waals surface area contributed by atoms with Crippen molar-refractivity contribution < 1.29 is 4.74 Å². The summed E-state index contributed by atoms with van der Waals surface area (Å²) in [6.07, 6.45) is 2.66.